The topological polar surface area (TPSA) is 93.5 Å². The fourth-order valence-corrected chi connectivity index (χ4v) is 2.80. The van der Waals surface area contributed by atoms with Crippen LogP contribution in [-0.4, -0.2) is 52.4 Å². The van der Waals surface area contributed by atoms with Crippen molar-refractivity contribution in [3.8, 4) is 0 Å². The van der Waals surface area contributed by atoms with E-state index in [-0.39, 0.29) is 18.2 Å². The number of imidazole rings is 1. The smallest absolute Gasteiger partial charge is 0.277 e. The molecule has 1 aromatic heterocycles. The summed E-state index contributed by atoms with van der Waals surface area (Å²) >= 11 is 0. The van der Waals surface area contributed by atoms with Crippen molar-refractivity contribution in [1.29, 1.82) is 0 Å². The number of methoxy groups -OCH3 is 1. The van der Waals surface area contributed by atoms with Crippen LogP contribution < -0.4 is 5.32 Å². The zero-order chi connectivity index (χ0) is 18.6. The Morgan fingerprint density at radius 1 is 1.44 bits per heavy atom. The van der Waals surface area contributed by atoms with Gasteiger partial charge in [0.25, 0.3) is 5.91 Å². The van der Waals surface area contributed by atoms with Crippen LogP contribution in [0.25, 0.3) is 6.08 Å². The molecule has 0 saturated carbocycles. The molecule has 1 fully saturated rings. The van der Waals surface area contributed by atoms with Gasteiger partial charge in [0.15, 0.2) is 0 Å². The van der Waals surface area contributed by atoms with Crippen molar-refractivity contribution < 1.29 is 19.1 Å². The van der Waals surface area contributed by atoms with Gasteiger partial charge in [0.05, 0.1) is 12.0 Å². The number of nitrogens with one attached hydrogen (secondary N) is 1. The van der Waals surface area contributed by atoms with Crippen molar-refractivity contribution in [2.45, 2.75) is 39.7 Å². The van der Waals surface area contributed by atoms with E-state index in [0.717, 1.165) is 23.6 Å². The fourth-order valence-electron chi connectivity index (χ4n) is 2.80. The van der Waals surface area contributed by atoms with Crippen LogP contribution in [0, 0.1) is 0 Å². The molecular formula is C17H24N4O4. The summed E-state index contributed by atoms with van der Waals surface area (Å²) in [7, 11) is 1.66. The molecule has 1 aliphatic rings. The number of piperazine rings is 1. The van der Waals surface area contributed by atoms with Gasteiger partial charge < -0.3 is 14.6 Å². The normalized spacial score (nSPS) is 16.7. The number of hydrogen-bond donors (Lipinski definition) is 1. The zero-order valence-corrected chi connectivity index (χ0v) is 15.0. The number of carbonyl (C=O) groups excluding carboxylic acids is 3. The molecule has 1 saturated heterocycles. The Bertz CT molecular complexity index is 706. The standard InChI is InChI=1S/C17H24N4O4/c1-11(2)16-13(18-10-20(16)6-5-7-25-4)8-14-17(24)21(12(3)22)9-15(23)19-14/h8,10-11H,5-7,9H2,1-4H3,(H,19,23)/b14-8-. The summed E-state index contributed by atoms with van der Waals surface area (Å²) in [4.78, 5) is 41.0. The molecule has 1 aromatic rings. The van der Waals surface area contributed by atoms with Crippen LogP contribution in [0.1, 0.15) is 44.5 Å². The van der Waals surface area contributed by atoms with E-state index in [2.05, 4.69) is 10.3 Å². The van der Waals surface area contributed by atoms with Crippen molar-refractivity contribution in [3.05, 3.63) is 23.4 Å². The molecule has 2 heterocycles. The number of imide groups is 1. The van der Waals surface area contributed by atoms with E-state index < -0.39 is 17.7 Å². The Kier molecular flexibility index (Phi) is 6.08. The van der Waals surface area contributed by atoms with Gasteiger partial charge in [-0.15, -0.1) is 0 Å². The quantitative estimate of drug-likeness (QED) is 0.609. The molecule has 0 radical (unpaired) electrons. The highest BCUT2D eigenvalue weighted by atomic mass is 16.5. The van der Waals surface area contributed by atoms with E-state index in [1.54, 1.807) is 13.4 Å². The molecule has 0 atom stereocenters. The number of amides is 3. The third kappa shape index (κ3) is 4.33. The van der Waals surface area contributed by atoms with Crippen molar-refractivity contribution in [3.63, 3.8) is 0 Å². The third-order valence-corrected chi connectivity index (χ3v) is 3.91. The Balaban J connectivity index is 2.34. The first-order valence-corrected chi connectivity index (χ1v) is 8.23. The minimum Gasteiger partial charge on any atom is -0.385 e. The average Bonchev–Trinajstić information content (AvgIpc) is 2.93. The summed E-state index contributed by atoms with van der Waals surface area (Å²) in [5.41, 5.74) is 1.64. The SMILES string of the molecule is COCCCn1cnc(/C=C2\NC(=O)CN(C(C)=O)C2=O)c1C(C)C. The van der Waals surface area contributed by atoms with Gasteiger partial charge in [0.1, 0.15) is 12.2 Å². The molecule has 0 aliphatic carbocycles. The fraction of sp³-hybridized carbons (Fsp3) is 0.529. The maximum absolute atomic E-state index is 12.4. The van der Waals surface area contributed by atoms with Gasteiger partial charge >= 0.3 is 0 Å². The summed E-state index contributed by atoms with van der Waals surface area (Å²) in [6.07, 6.45) is 4.10. The predicted molar refractivity (Wildman–Crippen MR) is 91.3 cm³/mol. The third-order valence-electron chi connectivity index (χ3n) is 3.91. The van der Waals surface area contributed by atoms with Gasteiger partial charge in [-0.05, 0) is 18.4 Å². The second kappa shape index (κ2) is 8.06. The zero-order valence-electron chi connectivity index (χ0n) is 15.0. The minimum atomic E-state index is -0.518. The van der Waals surface area contributed by atoms with Crippen molar-refractivity contribution in [1.82, 2.24) is 19.8 Å². The van der Waals surface area contributed by atoms with Crippen LogP contribution in [0.3, 0.4) is 0 Å². The lowest BCUT2D eigenvalue weighted by Crippen LogP contribution is -2.51. The predicted octanol–water partition coefficient (Wildman–Crippen LogP) is 0.889. The summed E-state index contributed by atoms with van der Waals surface area (Å²) in [6.45, 7) is 6.47. The van der Waals surface area contributed by atoms with E-state index in [1.807, 2.05) is 18.4 Å². The molecule has 25 heavy (non-hydrogen) atoms. The second-order valence-corrected chi connectivity index (χ2v) is 6.23. The molecule has 8 heteroatoms. The summed E-state index contributed by atoms with van der Waals surface area (Å²) < 4.78 is 7.10. The first-order chi connectivity index (χ1) is 11.8. The molecule has 0 aromatic carbocycles. The van der Waals surface area contributed by atoms with Crippen molar-refractivity contribution in [2.75, 3.05) is 20.3 Å². The maximum atomic E-state index is 12.4. The minimum absolute atomic E-state index is 0.0653. The van der Waals surface area contributed by atoms with E-state index in [9.17, 15) is 14.4 Å². The van der Waals surface area contributed by atoms with Crippen molar-refractivity contribution >= 4 is 23.8 Å². The number of nitrogens with zero attached hydrogens (tertiary/aromatic N) is 3. The van der Waals surface area contributed by atoms with E-state index >= 15 is 0 Å². The summed E-state index contributed by atoms with van der Waals surface area (Å²) in [5, 5.41) is 2.54. The van der Waals surface area contributed by atoms with Gasteiger partial charge in [-0.2, -0.15) is 0 Å². The first-order valence-electron chi connectivity index (χ1n) is 8.23. The number of hydrogen-bond acceptors (Lipinski definition) is 5. The molecule has 136 valence electrons. The van der Waals surface area contributed by atoms with Gasteiger partial charge in [0, 0.05) is 32.9 Å². The van der Waals surface area contributed by atoms with Crippen LogP contribution in [0.5, 0.6) is 0 Å². The molecule has 0 spiro atoms. The highest BCUT2D eigenvalue weighted by molar-refractivity contribution is 6.12. The molecule has 0 unspecified atom stereocenters. The lowest BCUT2D eigenvalue weighted by Gasteiger charge is -2.25. The van der Waals surface area contributed by atoms with Gasteiger partial charge in [0.2, 0.25) is 11.8 Å². The lowest BCUT2D eigenvalue weighted by atomic mass is 10.1. The van der Waals surface area contributed by atoms with Crippen LogP contribution in [0.15, 0.2) is 12.0 Å². The number of rotatable bonds is 6. The van der Waals surface area contributed by atoms with E-state index in [0.29, 0.717) is 12.3 Å². The second-order valence-electron chi connectivity index (χ2n) is 6.23. The molecule has 8 nitrogen and oxygen atoms in total. The lowest BCUT2D eigenvalue weighted by molar-refractivity contribution is -0.147. The molecule has 1 aliphatic heterocycles. The maximum Gasteiger partial charge on any atom is 0.277 e. The molecule has 1 N–H and O–H groups in total. The number of aromatic nitrogens is 2. The largest absolute Gasteiger partial charge is 0.385 e. The Hall–Kier alpha value is -2.48. The monoisotopic (exact) mass is 348 g/mol. The number of ether oxygens (including phenoxy) is 1. The van der Waals surface area contributed by atoms with Gasteiger partial charge in [-0.1, -0.05) is 13.8 Å². The van der Waals surface area contributed by atoms with E-state index in [1.165, 1.54) is 13.0 Å². The Morgan fingerprint density at radius 2 is 2.16 bits per heavy atom. The summed E-state index contributed by atoms with van der Waals surface area (Å²) in [5.74, 6) is -1.20. The average molecular weight is 348 g/mol. The molecule has 2 rings (SSSR count). The van der Waals surface area contributed by atoms with Gasteiger partial charge in [-0.3, -0.25) is 19.3 Å². The van der Waals surface area contributed by atoms with E-state index in [4.69, 9.17) is 4.74 Å². The first kappa shape index (κ1) is 18.9. The number of carbonyl (C=O) groups is 3. The molecular weight excluding hydrogens is 324 g/mol. The van der Waals surface area contributed by atoms with Gasteiger partial charge in [-0.25, -0.2) is 4.98 Å². The Labute approximate surface area is 146 Å². The summed E-state index contributed by atoms with van der Waals surface area (Å²) in [6, 6.07) is 0. The Morgan fingerprint density at radius 3 is 2.76 bits per heavy atom. The molecule has 3 amide bonds. The van der Waals surface area contributed by atoms with Crippen LogP contribution >= 0.6 is 0 Å². The van der Waals surface area contributed by atoms with Crippen molar-refractivity contribution in [2.24, 2.45) is 0 Å². The highest BCUT2D eigenvalue weighted by Gasteiger charge is 2.31. The highest BCUT2D eigenvalue weighted by Crippen LogP contribution is 2.22. The van der Waals surface area contributed by atoms with Crippen LogP contribution in [0.2, 0.25) is 0 Å². The van der Waals surface area contributed by atoms with Crippen LogP contribution in [-0.2, 0) is 25.7 Å². The number of aryl methyl sites for hydroxylation is 1. The molecule has 0 bridgehead atoms. The van der Waals surface area contributed by atoms with Crippen LogP contribution in [0.4, 0.5) is 0 Å².